The monoisotopic (exact) mass is 627 g/mol. The van der Waals surface area contributed by atoms with E-state index in [1.54, 1.807) is 0 Å². The first-order valence-corrected chi connectivity index (χ1v) is 16.7. The molecule has 0 saturated heterocycles. The highest BCUT2D eigenvalue weighted by atomic mass is 15.2. The fourth-order valence-corrected chi connectivity index (χ4v) is 8.02. The van der Waals surface area contributed by atoms with Crippen LogP contribution in [0.2, 0.25) is 0 Å². The summed E-state index contributed by atoms with van der Waals surface area (Å²) in [4.78, 5) is 6.43. The number of hydrogen-bond donors (Lipinski definition) is 0. The normalized spacial score (nSPS) is 13.2. The average Bonchev–Trinajstić information content (AvgIpc) is 3.49. The second-order valence-corrected chi connectivity index (χ2v) is 13.2. The highest BCUT2D eigenvalue weighted by Crippen LogP contribution is 2.54. The van der Waals surface area contributed by atoms with Gasteiger partial charge in [0.2, 0.25) is 5.69 Å². The fraction of sp³-hybridized carbons (Fsp3) is 0.0652. The molecule has 0 fully saturated rings. The summed E-state index contributed by atoms with van der Waals surface area (Å²) in [5.41, 5.74) is 14.2. The molecule has 1 aromatic heterocycles. The molecule has 0 radical (unpaired) electrons. The molecule has 1 aliphatic heterocycles. The molecule has 0 saturated carbocycles. The van der Waals surface area contributed by atoms with E-state index in [0.717, 1.165) is 33.5 Å². The van der Waals surface area contributed by atoms with Gasteiger partial charge in [-0.15, -0.1) is 0 Å². The number of anilines is 3. The first-order valence-electron chi connectivity index (χ1n) is 16.7. The summed E-state index contributed by atoms with van der Waals surface area (Å²) in [5.74, 6) is 0. The first-order chi connectivity index (χ1) is 24.1. The molecular weight excluding hydrogens is 595 g/mol. The SMILES string of the molecule is [C-]#[N+]c1cccc(-c2ccc(-c3cccc4c3C(C)(C)c3ccccc3N4c3ccccc3)cc2)c1-n1c2ccccc2c2ccccc21. The minimum Gasteiger partial charge on any atom is -0.318 e. The summed E-state index contributed by atoms with van der Waals surface area (Å²) in [6.07, 6.45) is 0. The standard InChI is InChI=1S/C46H33N3/c1-46(2)38-21-9-12-25-42(38)48(33-15-5-4-6-16-33)43-26-14-19-34(44(43)46)31-27-29-32(30-28-31)35-20-13-22-39(47-3)45(35)49-40-23-10-7-17-36(40)37-18-8-11-24-41(37)49/h4-30H,1-2H3. The summed E-state index contributed by atoms with van der Waals surface area (Å²) in [6, 6.07) is 58.1. The lowest BCUT2D eigenvalue weighted by atomic mass is 9.71. The Balaban J connectivity index is 1.22. The van der Waals surface area contributed by atoms with Crippen LogP contribution in [-0.4, -0.2) is 4.57 Å². The highest BCUT2D eigenvalue weighted by Gasteiger charge is 2.38. The van der Waals surface area contributed by atoms with E-state index in [2.05, 4.69) is 180 Å². The van der Waals surface area contributed by atoms with Crippen molar-refractivity contribution in [3.8, 4) is 27.9 Å². The largest absolute Gasteiger partial charge is 0.318 e. The van der Waals surface area contributed by atoms with Gasteiger partial charge < -0.3 is 9.47 Å². The summed E-state index contributed by atoms with van der Waals surface area (Å²) in [7, 11) is 0. The predicted octanol–water partition coefficient (Wildman–Crippen LogP) is 12.8. The third-order valence-corrected chi connectivity index (χ3v) is 10.2. The van der Waals surface area contributed by atoms with E-state index in [4.69, 9.17) is 6.57 Å². The molecule has 0 N–H and O–H groups in total. The number of para-hydroxylation sites is 5. The lowest BCUT2D eigenvalue weighted by molar-refractivity contribution is 0.633. The van der Waals surface area contributed by atoms with Crippen LogP contribution >= 0.6 is 0 Å². The van der Waals surface area contributed by atoms with E-state index in [-0.39, 0.29) is 5.41 Å². The van der Waals surface area contributed by atoms with Crippen LogP contribution in [0.15, 0.2) is 164 Å². The van der Waals surface area contributed by atoms with Gasteiger partial charge >= 0.3 is 0 Å². The van der Waals surface area contributed by atoms with Crippen molar-refractivity contribution in [1.82, 2.24) is 4.57 Å². The van der Waals surface area contributed by atoms with Gasteiger partial charge in [0, 0.05) is 21.9 Å². The van der Waals surface area contributed by atoms with Crippen LogP contribution in [0.25, 0.3) is 54.6 Å². The predicted molar refractivity (Wildman–Crippen MR) is 205 cm³/mol. The Kier molecular flexibility index (Phi) is 6.54. The number of benzene rings is 7. The fourth-order valence-electron chi connectivity index (χ4n) is 8.02. The average molecular weight is 628 g/mol. The number of hydrogen-bond acceptors (Lipinski definition) is 1. The molecule has 0 atom stereocenters. The summed E-state index contributed by atoms with van der Waals surface area (Å²) in [6.45, 7) is 12.9. The number of fused-ring (bicyclic) bond motifs is 5. The number of nitrogens with zero attached hydrogens (tertiary/aromatic N) is 3. The van der Waals surface area contributed by atoms with Gasteiger partial charge in [-0.05, 0) is 69.8 Å². The van der Waals surface area contributed by atoms with Gasteiger partial charge in [-0.2, -0.15) is 0 Å². The van der Waals surface area contributed by atoms with Crippen molar-refractivity contribution in [3.63, 3.8) is 0 Å². The first kappa shape index (κ1) is 28.8. The molecule has 9 rings (SSSR count). The van der Waals surface area contributed by atoms with E-state index in [1.165, 1.54) is 44.4 Å². The molecule has 0 unspecified atom stereocenters. The van der Waals surface area contributed by atoms with Crippen LogP contribution in [0.4, 0.5) is 22.7 Å². The molecule has 0 amide bonds. The van der Waals surface area contributed by atoms with E-state index in [9.17, 15) is 0 Å². The maximum absolute atomic E-state index is 8.17. The summed E-state index contributed by atoms with van der Waals surface area (Å²) in [5, 5.41) is 2.36. The summed E-state index contributed by atoms with van der Waals surface area (Å²) >= 11 is 0. The zero-order valence-corrected chi connectivity index (χ0v) is 27.4. The highest BCUT2D eigenvalue weighted by molar-refractivity contribution is 6.10. The van der Waals surface area contributed by atoms with Crippen molar-refractivity contribution in [2.45, 2.75) is 19.3 Å². The smallest absolute Gasteiger partial charge is 0.211 e. The molecule has 2 heterocycles. The third kappa shape index (κ3) is 4.35. The third-order valence-electron chi connectivity index (χ3n) is 10.2. The van der Waals surface area contributed by atoms with Crippen molar-refractivity contribution in [1.29, 1.82) is 0 Å². The molecule has 0 bridgehead atoms. The van der Waals surface area contributed by atoms with E-state index < -0.39 is 0 Å². The maximum Gasteiger partial charge on any atom is 0.211 e. The zero-order valence-electron chi connectivity index (χ0n) is 27.4. The van der Waals surface area contributed by atoms with Crippen molar-refractivity contribution >= 4 is 44.6 Å². The van der Waals surface area contributed by atoms with Crippen LogP contribution in [0.3, 0.4) is 0 Å². The zero-order chi connectivity index (χ0) is 33.1. The molecule has 3 heteroatoms. The topological polar surface area (TPSA) is 12.5 Å². The molecule has 0 spiro atoms. The van der Waals surface area contributed by atoms with Gasteiger partial charge in [0.1, 0.15) is 0 Å². The lowest BCUT2D eigenvalue weighted by Crippen LogP contribution is -2.31. The molecule has 3 nitrogen and oxygen atoms in total. The molecule has 0 aliphatic carbocycles. The Morgan fingerprint density at radius 2 is 1.06 bits per heavy atom. The molecular formula is C46H33N3. The second-order valence-electron chi connectivity index (χ2n) is 13.2. The Labute approximate surface area is 286 Å². The van der Waals surface area contributed by atoms with Crippen LogP contribution in [-0.2, 0) is 5.41 Å². The maximum atomic E-state index is 8.17. The molecule has 1 aliphatic rings. The van der Waals surface area contributed by atoms with Crippen molar-refractivity contribution in [2.75, 3.05) is 4.90 Å². The number of rotatable bonds is 4. The molecule has 7 aromatic carbocycles. The van der Waals surface area contributed by atoms with E-state index >= 15 is 0 Å². The minimum absolute atomic E-state index is 0.222. The van der Waals surface area contributed by atoms with Crippen molar-refractivity contribution in [2.24, 2.45) is 0 Å². The Morgan fingerprint density at radius 3 is 1.76 bits per heavy atom. The summed E-state index contributed by atoms with van der Waals surface area (Å²) < 4.78 is 2.27. The van der Waals surface area contributed by atoms with Crippen molar-refractivity contribution < 1.29 is 0 Å². The van der Waals surface area contributed by atoms with Gasteiger partial charge in [0.25, 0.3) is 0 Å². The van der Waals surface area contributed by atoms with Gasteiger partial charge in [-0.1, -0.05) is 141 Å². The lowest BCUT2D eigenvalue weighted by Gasteiger charge is -2.43. The van der Waals surface area contributed by atoms with E-state index in [0.29, 0.717) is 5.69 Å². The quantitative estimate of drug-likeness (QED) is 0.177. The van der Waals surface area contributed by atoms with Gasteiger partial charge in [0.15, 0.2) is 0 Å². The van der Waals surface area contributed by atoms with E-state index in [1.807, 2.05) is 12.1 Å². The Hall–Kier alpha value is -6.37. The number of aromatic nitrogens is 1. The molecule has 49 heavy (non-hydrogen) atoms. The van der Waals surface area contributed by atoms with Gasteiger partial charge in [-0.3, -0.25) is 0 Å². The van der Waals surface area contributed by atoms with Gasteiger partial charge in [0.05, 0.1) is 34.7 Å². The van der Waals surface area contributed by atoms with Gasteiger partial charge in [-0.25, -0.2) is 4.85 Å². The Morgan fingerprint density at radius 1 is 0.510 bits per heavy atom. The molecule has 8 aromatic rings. The Bertz CT molecular complexity index is 2530. The van der Waals surface area contributed by atoms with Crippen LogP contribution in [0, 0.1) is 6.57 Å². The minimum atomic E-state index is -0.222. The molecule has 232 valence electrons. The second kappa shape index (κ2) is 11.1. The van der Waals surface area contributed by atoms with Crippen molar-refractivity contribution in [3.05, 3.63) is 186 Å². The van der Waals surface area contributed by atoms with Crippen LogP contribution < -0.4 is 4.90 Å². The van der Waals surface area contributed by atoms with Crippen LogP contribution in [0.1, 0.15) is 25.0 Å². The van der Waals surface area contributed by atoms with Crippen LogP contribution in [0.5, 0.6) is 0 Å².